The molecule has 0 radical (unpaired) electrons. The van der Waals surface area contributed by atoms with Crippen LogP contribution < -0.4 is 20.3 Å². The minimum absolute atomic E-state index is 0.245. The zero-order chi connectivity index (χ0) is 30.0. The fraction of sp³-hybridized carbons (Fsp3) is 0.188. The SMILES string of the molecule is Cc1c(N2C(=O)/C(=C\c3ccc(N(C)C)cc3)S/C2=N\N=C\c2ccc(N(C)C)cc2)c(=O)n(-c2ccccc2)n1C. The third-order valence-corrected chi connectivity index (χ3v) is 7.98. The van der Waals surface area contributed by atoms with Crippen LogP contribution in [0.25, 0.3) is 11.8 Å². The maximum atomic E-state index is 13.9. The van der Waals surface area contributed by atoms with Gasteiger partial charge in [-0.2, -0.15) is 5.10 Å². The molecule has 3 aromatic carbocycles. The van der Waals surface area contributed by atoms with Crippen molar-refractivity contribution in [3.8, 4) is 5.69 Å². The highest BCUT2D eigenvalue weighted by atomic mass is 32.2. The molecule has 1 saturated heterocycles. The second kappa shape index (κ2) is 12.0. The Bertz CT molecular complexity index is 1750. The van der Waals surface area contributed by atoms with Crippen LogP contribution in [-0.2, 0) is 11.8 Å². The Balaban J connectivity index is 1.57. The van der Waals surface area contributed by atoms with Gasteiger partial charge in [0.15, 0.2) is 0 Å². The van der Waals surface area contributed by atoms with Crippen molar-refractivity contribution >= 4 is 52.2 Å². The van der Waals surface area contributed by atoms with Crippen molar-refractivity contribution in [2.45, 2.75) is 6.92 Å². The summed E-state index contributed by atoms with van der Waals surface area (Å²) in [5, 5.41) is 9.07. The van der Waals surface area contributed by atoms with Crippen LogP contribution in [0.1, 0.15) is 16.8 Å². The summed E-state index contributed by atoms with van der Waals surface area (Å²) in [6.45, 7) is 1.82. The minimum atomic E-state index is -0.327. The second-order valence-corrected chi connectivity index (χ2v) is 11.3. The summed E-state index contributed by atoms with van der Waals surface area (Å²) in [6.07, 6.45) is 3.46. The molecule has 214 valence electrons. The van der Waals surface area contributed by atoms with Crippen molar-refractivity contribution in [2.24, 2.45) is 17.3 Å². The third-order valence-electron chi connectivity index (χ3n) is 7.02. The molecular weight excluding hydrogens is 546 g/mol. The molecule has 9 nitrogen and oxygen atoms in total. The predicted octanol–water partition coefficient (Wildman–Crippen LogP) is 5.13. The molecule has 1 fully saturated rings. The number of thioether (sulfide) groups is 1. The Hall–Kier alpha value is -4.83. The standard InChI is InChI=1S/C32H33N7O2S/c1-22-29(31(41)39(37(22)6)27-10-8-7-9-11-27)38-30(40)28(20-23-12-16-25(17-13-23)35(2)3)42-32(38)34-33-21-24-14-18-26(19-15-24)36(4)5/h7-21H,1-6H3/b28-20+,33-21+,34-32-. The Kier molecular flexibility index (Phi) is 8.17. The normalized spacial score (nSPS) is 15.4. The zero-order valence-electron chi connectivity index (χ0n) is 24.5. The molecule has 1 amide bonds. The summed E-state index contributed by atoms with van der Waals surface area (Å²) in [4.78, 5) is 33.6. The first-order valence-electron chi connectivity index (χ1n) is 13.4. The first-order chi connectivity index (χ1) is 20.2. The Morgan fingerprint density at radius 1 is 0.786 bits per heavy atom. The van der Waals surface area contributed by atoms with Gasteiger partial charge in [-0.15, -0.1) is 5.10 Å². The number of hydrogen-bond acceptors (Lipinski definition) is 7. The summed E-state index contributed by atoms with van der Waals surface area (Å²) >= 11 is 1.20. The largest absolute Gasteiger partial charge is 0.378 e. The van der Waals surface area contributed by atoms with Crippen molar-refractivity contribution in [1.29, 1.82) is 0 Å². The number of carbonyl (C=O) groups excluding carboxylic acids is 1. The van der Waals surface area contributed by atoms with Gasteiger partial charge < -0.3 is 9.80 Å². The van der Waals surface area contributed by atoms with Crippen molar-refractivity contribution in [2.75, 3.05) is 42.9 Å². The van der Waals surface area contributed by atoms with Crippen LogP contribution in [-0.4, -0.2) is 54.8 Å². The van der Waals surface area contributed by atoms with Crippen LogP contribution in [0.4, 0.5) is 17.1 Å². The number of amidine groups is 1. The summed E-state index contributed by atoms with van der Waals surface area (Å²) in [7, 11) is 9.72. The van der Waals surface area contributed by atoms with E-state index in [9.17, 15) is 9.59 Å². The lowest BCUT2D eigenvalue weighted by molar-refractivity contribution is -0.113. The van der Waals surface area contributed by atoms with Crippen molar-refractivity contribution in [1.82, 2.24) is 9.36 Å². The van der Waals surface area contributed by atoms with Gasteiger partial charge in [0.05, 0.1) is 22.5 Å². The average Bonchev–Trinajstić information content (AvgIpc) is 3.39. The minimum Gasteiger partial charge on any atom is -0.378 e. The quantitative estimate of drug-likeness (QED) is 0.172. The molecule has 0 spiro atoms. The summed E-state index contributed by atoms with van der Waals surface area (Å²) in [6, 6.07) is 25.2. The first kappa shape index (κ1) is 28.7. The molecule has 42 heavy (non-hydrogen) atoms. The molecule has 0 N–H and O–H groups in total. The van der Waals surface area contributed by atoms with E-state index < -0.39 is 0 Å². The van der Waals surface area contributed by atoms with Crippen molar-refractivity contribution < 1.29 is 4.79 Å². The number of nitrogens with zero attached hydrogens (tertiary/aromatic N) is 7. The van der Waals surface area contributed by atoms with Gasteiger partial charge in [-0.05, 0) is 72.3 Å². The van der Waals surface area contributed by atoms with Gasteiger partial charge in [-0.3, -0.25) is 14.3 Å². The number of aromatic nitrogens is 2. The molecule has 1 aromatic heterocycles. The summed E-state index contributed by atoms with van der Waals surface area (Å²) in [5.41, 5.74) is 5.12. The maximum Gasteiger partial charge on any atom is 0.296 e. The van der Waals surface area contributed by atoms with Gasteiger partial charge in [0.25, 0.3) is 11.5 Å². The molecule has 4 aromatic rings. The first-order valence-corrected chi connectivity index (χ1v) is 14.2. The number of benzene rings is 3. The smallest absolute Gasteiger partial charge is 0.296 e. The van der Waals surface area contributed by atoms with Crippen molar-refractivity contribution in [3.63, 3.8) is 0 Å². The van der Waals surface area contributed by atoms with Gasteiger partial charge in [-0.25, -0.2) is 9.58 Å². The Morgan fingerprint density at radius 2 is 1.36 bits per heavy atom. The summed E-state index contributed by atoms with van der Waals surface area (Å²) in [5.74, 6) is -0.327. The van der Waals surface area contributed by atoms with E-state index >= 15 is 0 Å². The van der Waals surface area contributed by atoms with E-state index in [1.54, 1.807) is 22.6 Å². The molecule has 5 rings (SSSR count). The number of rotatable bonds is 7. The molecule has 0 saturated carbocycles. The molecule has 2 heterocycles. The van der Waals surface area contributed by atoms with E-state index in [2.05, 4.69) is 10.2 Å². The fourth-order valence-corrected chi connectivity index (χ4v) is 5.50. The van der Waals surface area contributed by atoms with Gasteiger partial charge >= 0.3 is 0 Å². The monoisotopic (exact) mass is 579 g/mol. The van der Waals surface area contributed by atoms with Crippen LogP contribution in [0.15, 0.2) is 98.8 Å². The molecule has 10 heteroatoms. The molecule has 1 aliphatic rings. The lowest BCUT2D eigenvalue weighted by Crippen LogP contribution is -2.33. The Morgan fingerprint density at radius 3 is 1.93 bits per heavy atom. The number of anilines is 3. The molecule has 1 aliphatic heterocycles. The average molecular weight is 580 g/mol. The second-order valence-electron chi connectivity index (χ2n) is 10.3. The van der Waals surface area contributed by atoms with E-state index in [1.165, 1.54) is 16.7 Å². The van der Waals surface area contributed by atoms with Gasteiger partial charge in [0, 0.05) is 46.6 Å². The van der Waals surface area contributed by atoms with Crippen LogP contribution in [0.5, 0.6) is 0 Å². The van der Waals surface area contributed by atoms with E-state index in [1.807, 2.05) is 130 Å². The lowest BCUT2D eigenvalue weighted by atomic mass is 10.2. The highest BCUT2D eigenvalue weighted by molar-refractivity contribution is 8.19. The van der Waals surface area contributed by atoms with Crippen molar-refractivity contribution in [3.05, 3.63) is 111 Å². The van der Waals surface area contributed by atoms with E-state index in [0.717, 1.165) is 22.5 Å². The van der Waals surface area contributed by atoms with Crippen LogP contribution in [0.2, 0.25) is 0 Å². The molecular formula is C32H33N7O2S. The Labute approximate surface area is 249 Å². The fourth-order valence-electron chi connectivity index (χ4n) is 4.57. The maximum absolute atomic E-state index is 13.9. The number of carbonyl (C=O) groups is 1. The highest BCUT2D eigenvalue weighted by Crippen LogP contribution is 2.36. The van der Waals surface area contributed by atoms with Crippen LogP contribution in [0, 0.1) is 6.92 Å². The van der Waals surface area contributed by atoms with Crippen LogP contribution >= 0.6 is 11.8 Å². The highest BCUT2D eigenvalue weighted by Gasteiger charge is 2.39. The number of hydrogen-bond donors (Lipinski definition) is 0. The number of amides is 1. The summed E-state index contributed by atoms with van der Waals surface area (Å²) < 4.78 is 3.30. The predicted molar refractivity (Wildman–Crippen MR) is 175 cm³/mol. The third kappa shape index (κ3) is 5.66. The zero-order valence-corrected chi connectivity index (χ0v) is 25.3. The molecule has 0 unspecified atom stereocenters. The lowest BCUT2D eigenvalue weighted by Gasteiger charge is -2.13. The van der Waals surface area contributed by atoms with E-state index in [0.29, 0.717) is 21.5 Å². The van der Waals surface area contributed by atoms with Gasteiger partial charge in [0.2, 0.25) is 5.17 Å². The number of para-hydroxylation sites is 1. The van der Waals surface area contributed by atoms with Gasteiger partial charge in [0.1, 0.15) is 5.69 Å². The van der Waals surface area contributed by atoms with Crippen LogP contribution in [0.3, 0.4) is 0 Å². The van der Waals surface area contributed by atoms with E-state index in [4.69, 9.17) is 0 Å². The van der Waals surface area contributed by atoms with Gasteiger partial charge in [-0.1, -0.05) is 42.5 Å². The molecule has 0 bridgehead atoms. The molecule has 0 aliphatic carbocycles. The topological polar surface area (TPSA) is 78.4 Å². The molecule has 0 atom stereocenters. The van der Waals surface area contributed by atoms with E-state index in [-0.39, 0.29) is 17.2 Å².